The minimum Gasteiger partial charge on any atom is -0.508 e. The maximum atomic E-state index is 12.4. The number of benzene rings is 1. The number of rotatable bonds is 5. The van der Waals surface area contributed by atoms with E-state index >= 15 is 0 Å². The molecule has 1 fully saturated rings. The van der Waals surface area contributed by atoms with E-state index in [1.165, 1.54) is 11.3 Å². The van der Waals surface area contributed by atoms with Gasteiger partial charge in [0.1, 0.15) is 11.8 Å². The van der Waals surface area contributed by atoms with Gasteiger partial charge in [0.2, 0.25) is 11.0 Å². The molecule has 1 aromatic heterocycles. The Labute approximate surface area is 148 Å². The molecule has 1 aliphatic rings. The fourth-order valence-corrected chi connectivity index (χ4v) is 4.17. The highest BCUT2D eigenvalue weighted by Gasteiger charge is 2.31. The monoisotopic (exact) mass is 365 g/mol. The maximum absolute atomic E-state index is 12.4. The number of hydrogen-bond donors (Lipinski definition) is 4. The van der Waals surface area contributed by atoms with Crippen LogP contribution >= 0.6 is 23.1 Å². The molecule has 24 heavy (non-hydrogen) atoms. The molecule has 2 aromatic rings. The van der Waals surface area contributed by atoms with Crippen LogP contribution in [0.5, 0.6) is 5.75 Å². The highest BCUT2D eigenvalue weighted by atomic mass is 32.2. The normalized spacial score (nSPS) is 20.2. The van der Waals surface area contributed by atoms with Crippen molar-refractivity contribution in [3.63, 3.8) is 0 Å². The van der Waals surface area contributed by atoms with Crippen LogP contribution < -0.4 is 16.2 Å². The van der Waals surface area contributed by atoms with Crippen molar-refractivity contribution in [3.05, 3.63) is 29.3 Å². The third-order valence-corrected chi connectivity index (χ3v) is 5.54. The third kappa shape index (κ3) is 3.86. The number of carbonyl (C=O) groups excluding carboxylic acids is 1. The summed E-state index contributed by atoms with van der Waals surface area (Å²) >= 11 is 2.96. The van der Waals surface area contributed by atoms with Crippen LogP contribution in [0, 0.1) is 6.92 Å². The second-order valence-corrected chi connectivity index (χ2v) is 7.98. The average Bonchev–Trinajstić information content (AvgIpc) is 3.17. The van der Waals surface area contributed by atoms with Crippen molar-refractivity contribution in [2.45, 2.75) is 36.7 Å². The van der Waals surface area contributed by atoms with Crippen LogP contribution in [0.2, 0.25) is 0 Å². The summed E-state index contributed by atoms with van der Waals surface area (Å²) in [5, 5.41) is 21.4. The molecule has 128 valence electrons. The Morgan fingerprint density at radius 3 is 3.04 bits per heavy atom. The number of aromatic hydroxyl groups is 1. The van der Waals surface area contributed by atoms with Gasteiger partial charge < -0.3 is 5.11 Å². The lowest BCUT2D eigenvalue weighted by Crippen LogP contribution is -2.39. The molecule has 1 amide bonds. The predicted molar refractivity (Wildman–Crippen MR) is 95.2 cm³/mol. The smallest absolute Gasteiger partial charge is 0.244 e. The number of carbonyl (C=O) groups is 1. The van der Waals surface area contributed by atoms with Crippen LogP contribution in [-0.4, -0.2) is 33.0 Å². The predicted octanol–water partition coefficient (Wildman–Crippen LogP) is 2.21. The van der Waals surface area contributed by atoms with Gasteiger partial charge in [-0.2, -0.15) is 0 Å². The summed E-state index contributed by atoms with van der Waals surface area (Å²) in [5.74, 6) is 0.986. The lowest BCUT2D eigenvalue weighted by atomic mass is 9.99. The summed E-state index contributed by atoms with van der Waals surface area (Å²) in [7, 11) is 0. The molecule has 0 bridgehead atoms. The zero-order valence-corrected chi connectivity index (χ0v) is 15.0. The molecule has 1 saturated heterocycles. The number of phenolic OH excluding ortho intramolecular Hbond substituents is 1. The van der Waals surface area contributed by atoms with E-state index in [0.717, 1.165) is 21.2 Å². The second kappa shape index (κ2) is 7.47. The van der Waals surface area contributed by atoms with Crippen LogP contribution in [0.3, 0.4) is 0 Å². The van der Waals surface area contributed by atoms with Crippen LogP contribution in [0.4, 0.5) is 5.13 Å². The van der Waals surface area contributed by atoms with E-state index in [2.05, 4.69) is 26.4 Å². The van der Waals surface area contributed by atoms with E-state index in [0.29, 0.717) is 11.6 Å². The number of aromatic nitrogens is 2. The number of nitrogens with zero attached hydrogens (tertiary/aromatic N) is 2. The van der Waals surface area contributed by atoms with E-state index in [9.17, 15) is 9.90 Å². The first-order chi connectivity index (χ1) is 11.6. The van der Waals surface area contributed by atoms with Crippen molar-refractivity contribution < 1.29 is 9.90 Å². The molecule has 7 nitrogen and oxygen atoms in total. The molecule has 1 aliphatic heterocycles. The molecular weight excluding hydrogens is 346 g/mol. The number of aryl methyl sites for hydroxylation is 1. The topological polar surface area (TPSA) is 99.2 Å². The number of anilines is 1. The number of amides is 1. The van der Waals surface area contributed by atoms with Crippen LogP contribution in [0.25, 0.3) is 0 Å². The average molecular weight is 365 g/mol. The van der Waals surface area contributed by atoms with Gasteiger partial charge in [-0.15, -0.1) is 10.2 Å². The van der Waals surface area contributed by atoms with Crippen molar-refractivity contribution in [3.8, 4) is 5.75 Å². The Bertz CT molecular complexity index is 736. The fraction of sp³-hybridized carbons (Fsp3) is 0.400. The van der Waals surface area contributed by atoms with Gasteiger partial charge in [0.15, 0.2) is 4.34 Å². The highest BCUT2D eigenvalue weighted by molar-refractivity contribution is 8.01. The van der Waals surface area contributed by atoms with Gasteiger partial charge in [-0.25, -0.2) is 10.9 Å². The van der Waals surface area contributed by atoms with Crippen molar-refractivity contribution in [2.24, 2.45) is 0 Å². The van der Waals surface area contributed by atoms with E-state index < -0.39 is 6.04 Å². The molecule has 9 heteroatoms. The molecule has 0 spiro atoms. The Hall–Kier alpha value is -1.68. The molecule has 2 unspecified atom stereocenters. The van der Waals surface area contributed by atoms with Crippen molar-refractivity contribution >= 4 is 34.1 Å². The molecule has 0 radical (unpaired) electrons. The number of phenols is 1. The first-order valence-electron chi connectivity index (χ1n) is 7.64. The Balaban J connectivity index is 1.61. The second-order valence-electron chi connectivity index (χ2n) is 5.49. The summed E-state index contributed by atoms with van der Waals surface area (Å²) in [6.07, 6.45) is 0.540. The molecule has 2 atom stereocenters. The van der Waals surface area contributed by atoms with E-state index in [-0.39, 0.29) is 17.7 Å². The van der Waals surface area contributed by atoms with Crippen molar-refractivity contribution in [2.75, 3.05) is 11.1 Å². The molecule has 1 aromatic carbocycles. The Morgan fingerprint density at radius 1 is 1.46 bits per heavy atom. The van der Waals surface area contributed by atoms with Gasteiger partial charge in [-0.3, -0.25) is 10.1 Å². The first-order valence-corrected chi connectivity index (χ1v) is 9.44. The third-order valence-electron chi connectivity index (χ3n) is 3.69. The zero-order chi connectivity index (χ0) is 17.1. The van der Waals surface area contributed by atoms with Crippen molar-refractivity contribution in [1.29, 1.82) is 0 Å². The standard InChI is InChI=1S/C15H19N5O2S2/c1-3-23-15-20-19-14(24-15)16-13(22)11-7-10(17-18-11)9-5-4-8(2)6-12(9)21/h4-6,10-11,17-18,21H,3,7H2,1-2H3,(H,16,19,22). The molecule has 2 heterocycles. The SMILES string of the molecule is CCSc1nnc(NC(=O)C2CC(c3ccc(C)cc3O)NN2)s1. The van der Waals surface area contributed by atoms with Gasteiger partial charge in [0.05, 0.1) is 6.04 Å². The lowest BCUT2D eigenvalue weighted by Gasteiger charge is -2.12. The van der Waals surface area contributed by atoms with E-state index in [1.807, 2.05) is 26.0 Å². The first kappa shape index (κ1) is 17.2. The van der Waals surface area contributed by atoms with Crippen LogP contribution in [0.1, 0.15) is 30.5 Å². The van der Waals surface area contributed by atoms with E-state index in [1.54, 1.807) is 17.8 Å². The molecular formula is C15H19N5O2S2. The molecule has 0 aliphatic carbocycles. The Morgan fingerprint density at radius 2 is 2.29 bits per heavy atom. The van der Waals surface area contributed by atoms with Crippen LogP contribution in [-0.2, 0) is 4.79 Å². The van der Waals surface area contributed by atoms with Gasteiger partial charge in [0, 0.05) is 5.56 Å². The van der Waals surface area contributed by atoms with Gasteiger partial charge in [-0.1, -0.05) is 42.2 Å². The van der Waals surface area contributed by atoms with Gasteiger partial charge >= 0.3 is 0 Å². The largest absolute Gasteiger partial charge is 0.508 e. The molecule has 3 rings (SSSR count). The highest BCUT2D eigenvalue weighted by Crippen LogP contribution is 2.31. The lowest BCUT2D eigenvalue weighted by molar-refractivity contribution is -0.117. The number of nitrogens with one attached hydrogen (secondary N) is 3. The fourth-order valence-electron chi connectivity index (χ4n) is 2.52. The summed E-state index contributed by atoms with van der Waals surface area (Å²) in [6.45, 7) is 3.96. The minimum absolute atomic E-state index is 0.123. The van der Waals surface area contributed by atoms with Gasteiger partial charge in [-0.05, 0) is 30.7 Å². The van der Waals surface area contributed by atoms with E-state index in [4.69, 9.17) is 0 Å². The molecule has 0 saturated carbocycles. The zero-order valence-electron chi connectivity index (χ0n) is 13.4. The Kier molecular flexibility index (Phi) is 5.34. The van der Waals surface area contributed by atoms with Crippen molar-refractivity contribution in [1.82, 2.24) is 21.0 Å². The van der Waals surface area contributed by atoms with Gasteiger partial charge in [0.25, 0.3) is 0 Å². The summed E-state index contributed by atoms with van der Waals surface area (Å²) < 4.78 is 0.841. The summed E-state index contributed by atoms with van der Waals surface area (Å²) in [5.41, 5.74) is 7.82. The summed E-state index contributed by atoms with van der Waals surface area (Å²) in [4.78, 5) is 12.4. The minimum atomic E-state index is -0.401. The summed E-state index contributed by atoms with van der Waals surface area (Å²) in [6, 6.07) is 5.02. The maximum Gasteiger partial charge on any atom is 0.244 e. The number of hydrogen-bond acceptors (Lipinski definition) is 8. The quantitative estimate of drug-likeness (QED) is 0.476. The number of thioether (sulfide) groups is 1. The van der Waals surface area contributed by atoms with Crippen LogP contribution in [0.15, 0.2) is 22.5 Å². The number of hydrazine groups is 1. The molecule has 4 N–H and O–H groups in total.